The van der Waals surface area contributed by atoms with Gasteiger partial charge in [0.05, 0.1) is 23.5 Å². The van der Waals surface area contributed by atoms with Gasteiger partial charge >= 0.3 is 0 Å². The van der Waals surface area contributed by atoms with Crippen molar-refractivity contribution >= 4 is 23.4 Å². The lowest BCUT2D eigenvalue weighted by Crippen LogP contribution is -2.35. The first-order valence-corrected chi connectivity index (χ1v) is 6.75. The van der Waals surface area contributed by atoms with Crippen LogP contribution in [0.4, 0.5) is 5.69 Å². The van der Waals surface area contributed by atoms with E-state index >= 15 is 0 Å². The third-order valence-electron chi connectivity index (χ3n) is 3.79. The van der Waals surface area contributed by atoms with Crippen molar-refractivity contribution in [3.63, 3.8) is 0 Å². The summed E-state index contributed by atoms with van der Waals surface area (Å²) in [6.45, 7) is 0.119. The number of hydrogen-bond acceptors (Lipinski definition) is 4. The Hall–Kier alpha value is -2.68. The van der Waals surface area contributed by atoms with Crippen molar-refractivity contribution in [1.29, 1.82) is 5.26 Å². The molecule has 0 radical (unpaired) electrons. The molecule has 2 unspecified atom stereocenters. The largest absolute Gasteiger partial charge is 0.326 e. The predicted molar refractivity (Wildman–Crippen MR) is 72.7 cm³/mol. The minimum absolute atomic E-state index is 0.0632. The Kier molecular flexibility index (Phi) is 3.18. The number of carbonyl (C=O) groups is 3. The van der Waals surface area contributed by atoms with Crippen LogP contribution >= 0.6 is 0 Å². The summed E-state index contributed by atoms with van der Waals surface area (Å²) in [5.74, 6) is -0.847. The molecule has 1 saturated carbocycles. The van der Waals surface area contributed by atoms with Crippen molar-refractivity contribution in [3.8, 4) is 6.07 Å². The van der Waals surface area contributed by atoms with Gasteiger partial charge in [0.2, 0.25) is 17.7 Å². The molecule has 2 atom stereocenters. The zero-order valence-electron chi connectivity index (χ0n) is 11.2. The van der Waals surface area contributed by atoms with Crippen LogP contribution in [0.15, 0.2) is 24.3 Å². The fraction of sp³-hybridized carbons (Fsp3) is 0.333. The molecular formula is C15H13N3O3. The van der Waals surface area contributed by atoms with E-state index in [2.05, 4.69) is 5.32 Å². The summed E-state index contributed by atoms with van der Waals surface area (Å²) in [5, 5.41) is 11.4. The molecule has 6 heteroatoms. The molecule has 1 saturated heterocycles. The Morgan fingerprint density at radius 1 is 1.33 bits per heavy atom. The smallest absolute Gasteiger partial charge is 0.233 e. The van der Waals surface area contributed by atoms with Gasteiger partial charge in [-0.1, -0.05) is 6.07 Å². The van der Waals surface area contributed by atoms with E-state index in [9.17, 15) is 14.4 Å². The molecule has 0 bridgehead atoms. The highest BCUT2D eigenvalue weighted by atomic mass is 16.2. The molecule has 3 amide bonds. The van der Waals surface area contributed by atoms with Crippen LogP contribution in [0.5, 0.6) is 0 Å². The molecule has 0 spiro atoms. The van der Waals surface area contributed by atoms with Gasteiger partial charge in [0, 0.05) is 18.7 Å². The summed E-state index contributed by atoms with van der Waals surface area (Å²) >= 11 is 0. The van der Waals surface area contributed by atoms with Gasteiger partial charge in [-0.2, -0.15) is 5.26 Å². The second kappa shape index (κ2) is 5.02. The van der Waals surface area contributed by atoms with E-state index < -0.39 is 0 Å². The van der Waals surface area contributed by atoms with Crippen LogP contribution in [0.25, 0.3) is 0 Å². The lowest BCUT2D eigenvalue weighted by atomic mass is 10.2. The highest BCUT2D eigenvalue weighted by molar-refractivity contribution is 6.09. The standard InChI is InChI=1S/C15H13N3O3/c16-8-9-2-1-3-10(6-9)17-13(19)4-5-18-14(20)11-7-12(11)15(18)21/h1-3,6,11-12H,4-5,7H2,(H,17,19). The number of amides is 3. The van der Waals surface area contributed by atoms with Gasteiger partial charge in [-0.05, 0) is 24.6 Å². The number of benzene rings is 1. The lowest BCUT2D eigenvalue weighted by Gasteiger charge is -2.15. The topological polar surface area (TPSA) is 90.3 Å². The van der Waals surface area contributed by atoms with E-state index in [-0.39, 0.29) is 42.5 Å². The number of piperidine rings is 1. The van der Waals surface area contributed by atoms with Crippen molar-refractivity contribution in [2.75, 3.05) is 11.9 Å². The monoisotopic (exact) mass is 283 g/mol. The van der Waals surface area contributed by atoms with Crippen LogP contribution in [0.3, 0.4) is 0 Å². The molecule has 1 aromatic rings. The van der Waals surface area contributed by atoms with Crippen LogP contribution in [-0.4, -0.2) is 29.2 Å². The van der Waals surface area contributed by atoms with Crippen molar-refractivity contribution in [3.05, 3.63) is 29.8 Å². The number of nitrogens with one attached hydrogen (secondary N) is 1. The number of anilines is 1. The van der Waals surface area contributed by atoms with Gasteiger partial charge in [-0.15, -0.1) is 0 Å². The quantitative estimate of drug-likeness (QED) is 0.831. The number of nitriles is 1. The number of imide groups is 1. The maximum atomic E-state index is 11.8. The van der Waals surface area contributed by atoms with Crippen molar-refractivity contribution in [1.82, 2.24) is 4.90 Å². The van der Waals surface area contributed by atoms with Crippen LogP contribution in [0.1, 0.15) is 18.4 Å². The summed E-state index contributed by atoms with van der Waals surface area (Å²) < 4.78 is 0. The summed E-state index contributed by atoms with van der Waals surface area (Å²) in [6, 6.07) is 8.56. The van der Waals surface area contributed by atoms with Crippen molar-refractivity contribution in [2.24, 2.45) is 11.8 Å². The molecule has 2 aliphatic rings. The molecule has 1 aliphatic carbocycles. The van der Waals surface area contributed by atoms with Crippen LogP contribution < -0.4 is 5.32 Å². The molecule has 1 aromatic carbocycles. The van der Waals surface area contributed by atoms with E-state index in [0.717, 1.165) is 0 Å². The van der Waals surface area contributed by atoms with Gasteiger partial charge in [0.1, 0.15) is 0 Å². The minimum Gasteiger partial charge on any atom is -0.326 e. The maximum Gasteiger partial charge on any atom is 0.233 e. The minimum atomic E-state index is -0.286. The first-order valence-electron chi connectivity index (χ1n) is 6.75. The molecule has 21 heavy (non-hydrogen) atoms. The predicted octanol–water partition coefficient (Wildman–Crippen LogP) is 0.892. The lowest BCUT2D eigenvalue weighted by molar-refractivity contribution is -0.141. The number of fused-ring (bicyclic) bond motifs is 1. The number of rotatable bonds is 4. The van der Waals surface area contributed by atoms with Gasteiger partial charge in [-0.25, -0.2) is 0 Å². The summed E-state index contributed by atoms with van der Waals surface area (Å²) in [7, 11) is 0. The summed E-state index contributed by atoms with van der Waals surface area (Å²) in [5.41, 5.74) is 0.985. The molecule has 1 heterocycles. The number of nitrogens with zero attached hydrogens (tertiary/aromatic N) is 2. The molecule has 3 rings (SSSR count). The summed E-state index contributed by atoms with van der Waals surface area (Å²) in [6.07, 6.45) is 0.731. The second-order valence-electron chi connectivity index (χ2n) is 5.27. The number of likely N-dealkylation sites (tertiary alicyclic amines) is 1. The van der Waals surface area contributed by atoms with Gasteiger partial charge in [0.25, 0.3) is 0 Å². The Bertz CT molecular complexity index is 657. The zero-order chi connectivity index (χ0) is 15.0. The van der Waals surface area contributed by atoms with E-state index in [1.54, 1.807) is 24.3 Å². The number of carbonyl (C=O) groups excluding carboxylic acids is 3. The van der Waals surface area contributed by atoms with E-state index in [1.165, 1.54) is 4.90 Å². The zero-order valence-corrected chi connectivity index (χ0v) is 11.2. The molecule has 1 aliphatic heterocycles. The molecule has 2 fully saturated rings. The van der Waals surface area contributed by atoms with Gasteiger partial charge < -0.3 is 5.32 Å². The molecule has 1 N–H and O–H groups in total. The third-order valence-corrected chi connectivity index (χ3v) is 3.79. The first-order chi connectivity index (χ1) is 10.1. The summed E-state index contributed by atoms with van der Waals surface area (Å²) in [4.78, 5) is 36.5. The average Bonchev–Trinajstić information content (AvgIpc) is 3.23. The van der Waals surface area contributed by atoms with Crippen LogP contribution in [0, 0.1) is 23.2 Å². The van der Waals surface area contributed by atoms with E-state index in [4.69, 9.17) is 5.26 Å². The Morgan fingerprint density at radius 3 is 2.71 bits per heavy atom. The average molecular weight is 283 g/mol. The number of hydrogen-bond donors (Lipinski definition) is 1. The SMILES string of the molecule is N#Cc1cccc(NC(=O)CCN2C(=O)C3CC3C2=O)c1. The van der Waals surface area contributed by atoms with E-state index in [1.807, 2.05) is 6.07 Å². The molecule has 6 nitrogen and oxygen atoms in total. The van der Waals surface area contributed by atoms with Crippen molar-refractivity contribution < 1.29 is 14.4 Å². The Labute approximate surface area is 121 Å². The van der Waals surface area contributed by atoms with Crippen molar-refractivity contribution in [2.45, 2.75) is 12.8 Å². The first kappa shape index (κ1) is 13.3. The highest BCUT2D eigenvalue weighted by Gasteiger charge is 2.58. The maximum absolute atomic E-state index is 11.8. The van der Waals surface area contributed by atoms with Crippen LogP contribution in [-0.2, 0) is 14.4 Å². The Morgan fingerprint density at radius 2 is 2.05 bits per heavy atom. The second-order valence-corrected chi connectivity index (χ2v) is 5.27. The highest BCUT2D eigenvalue weighted by Crippen LogP contribution is 2.46. The normalized spacial score (nSPS) is 22.7. The molecular weight excluding hydrogens is 270 g/mol. The Balaban J connectivity index is 1.54. The van der Waals surface area contributed by atoms with Gasteiger partial charge in [0.15, 0.2) is 0 Å². The molecule has 0 aromatic heterocycles. The fourth-order valence-corrected chi connectivity index (χ4v) is 2.57. The molecule has 106 valence electrons. The van der Waals surface area contributed by atoms with Gasteiger partial charge in [-0.3, -0.25) is 19.3 Å². The third kappa shape index (κ3) is 2.50. The van der Waals surface area contributed by atoms with E-state index in [0.29, 0.717) is 17.7 Å². The van der Waals surface area contributed by atoms with Crippen LogP contribution in [0.2, 0.25) is 0 Å². The fourth-order valence-electron chi connectivity index (χ4n) is 2.57.